The number of aromatic nitrogens is 4. The number of aliphatic hydroxyl groups excluding tert-OH is 1. The molecule has 0 radical (unpaired) electrons. The van der Waals surface area contributed by atoms with Crippen LogP contribution in [0.5, 0.6) is 5.75 Å². The van der Waals surface area contributed by atoms with Gasteiger partial charge in [0.2, 0.25) is 5.95 Å². The van der Waals surface area contributed by atoms with Crippen LogP contribution in [0.4, 0.5) is 11.8 Å². The highest BCUT2D eigenvalue weighted by molar-refractivity contribution is 6.39. The number of hydrogen-bond acceptors (Lipinski definition) is 7. The number of aryl methyl sites for hydroxylation is 1. The summed E-state index contributed by atoms with van der Waals surface area (Å²) in [5.41, 5.74) is 1.02. The Morgan fingerprint density at radius 2 is 1.91 bits per heavy atom. The van der Waals surface area contributed by atoms with Gasteiger partial charge < -0.3 is 15.2 Å². The lowest BCUT2D eigenvalue weighted by Gasteiger charge is -2.12. The van der Waals surface area contributed by atoms with Gasteiger partial charge in [0, 0.05) is 37.2 Å². The van der Waals surface area contributed by atoms with Crippen LogP contribution in [-0.4, -0.2) is 37.8 Å². The fourth-order valence-electron chi connectivity index (χ4n) is 3.15. The Morgan fingerprint density at radius 1 is 1.12 bits per heavy atom. The zero-order valence-electron chi connectivity index (χ0n) is 17.0. The van der Waals surface area contributed by atoms with Crippen LogP contribution < -0.4 is 15.6 Å². The summed E-state index contributed by atoms with van der Waals surface area (Å²) in [4.78, 5) is 26.1. The lowest BCUT2D eigenvalue weighted by molar-refractivity contribution is 0.233. The molecule has 0 aliphatic heterocycles. The van der Waals surface area contributed by atoms with E-state index in [-0.39, 0.29) is 18.1 Å². The van der Waals surface area contributed by atoms with Gasteiger partial charge in [-0.05, 0) is 30.3 Å². The summed E-state index contributed by atoms with van der Waals surface area (Å²) in [7, 11) is 1.63. The molecule has 2 N–H and O–H groups in total. The van der Waals surface area contributed by atoms with Crippen molar-refractivity contribution >= 4 is 46.0 Å². The molecule has 0 fully saturated rings. The van der Waals surface area contributed by atoms with E-state index < -0.39 is 0 Å². The van der Waals surface area contributed by atoms with Crippen molar-refractivity contribution in [3.8, 4) is 16.9 Å². The van der Waals surface area contributed by atoms with Gasteiger partial charge in [-0.25, -0.2) is 9.97 Å². The first kappa shape index (κ1) is 22.0. The molecule has 1 aromatic carbocycles. The summed E-state index contributed by atoms with van der Waals surface area (Å²) >= 11 is 12.6. The molecule has 3 aromatic heterocycles. The summed E-state index contributed by atoms with van der Waals surface area (Å²) in [5.74, 6) is 1.40. The van der Waals surface area contributed by atoms with Gasteiger partial charge in [0.05, 0.1) is 28.4 Å². The second kappa shape index (κ2) is 9.52. The van der Waals surface area contributed by atoms with Crippen LogP contribution in [0.1, 0.15) is 6.42 Å². The highest BCUT2D eigenvalue weighted by atomic mass is 35.5. The number of anilines is 2. The summed E-state index contributed by atoms with van der Waals surface area (Å²) in [6, 6.07) is 10.3. The van der Waals surface area contributed by atoms with E-state index in [2.05, 4.69) is 20.3 Å². The fourth-order valence-corrected chi connectivity index (χ4v) is 3.75. The second-order valence-corrected chi connectivity index (χ2v) is 7.74. The van der Waals surface area contributed by atoms with Crippen LogP contribution >= 0.6 is 23.2 Å². The van der Waals surface area contributed by atoms with Crippen molar-refractivity contribution in [2.45, 2.75) is 6.42 Å². The van der Waals surface area contributed by atoms with Gasteiger partial charge in [-0.2, -0.15) is 4.98 Å². The van der Waals surface area contributed by atoms with Crippen molar-refractivity contribution in [2.24, 2.45) is 7.05 Å². The van der Waals surface area contributed by atoms with Crippen LogP contribution in [0.2, 0.25) is 10.0 Å². The quantitative estimate of drug-likeness (QED) is 0.389. The highest BCUT2D eigenvalue weighted by Gasteiger charge is 2.16. The van der Waals surface area contributed by atoms with Gasteiger partial charge >= 0.3 is 0 Å². The van der Waals surface area contributed by atoms with Gasteiger partial charge in [-0.15, -0.1) is 0 Å². The number of ether oxygens (including phenoxy) is 1. The van der Waals surface area contributed by atoms with Crippen LogP contribution in [0, 0.1) is 0 Å². The number of aliphatic hydroxyl groups is 1. The number of hydrogen-bond donors (Lipinski definition) is 2. The molecule has 164 valence electrons. The molecule has 0 aliphatic rings. The lowest BCUT2D eigenvalue weighted by Crippen LogP contribution is -2.20. The monoisotopic (exact) mass is 471 g/mol. The molecule has 0 bridgehead atoms. The normalized spacial score (nSPS) is 11.0. The highest BCUT2D eigenvalue weighted by Crippen LogP contribution is 2.33. The molecule has 0 aliphatic carbocycles. The minimum atomic E-state index is -0.278. The van der Waals surface area contributed by atoms with Crippen molar-refractivity contribution < 1.29 is 9.84 Å². The number of halogens is 2. The standard InChI is InChI=1S/C22H19Cl2N5O3/c1-29-20-13(10-15(21(29)31)19-16(23)4-2-5-17(19)24)11-26-22(28-20)27-18-7-6-14(12-25-18)32-9-3-8-30/h2,4-7,10-12,30H,3,8-9H2,1H3,(H,25,26,27,28). The number of benzene rings is 1. The maximum absolute atomic E-state index is 13.0. The third-order valence-electron chi connectivity index (χ3n) is 4.73. The Labute approximate surface area is 193 Å². The van der Waals surface area contributed by atoms with E-state index >= 15 is 0 Å². The molecule has 8 nitrogen and oxygen atoms in total. The average Bonchev–Trinajstić information content (AvgIpc) is 2.78. The molecule has 0 spiro atoms. The Bertz CT molecular complexity index is 1310. The first-order valence-electron chi connectivity index (χ1n) is 9.76. The third kappa shape index (κ3) is 4.52. The van der Waals surface area contributed by atoms with Crippen molar-refractivity contribution in [1.29, 1.82) is 0 Å². The molecule has 0 unspecified atom stereocenters. The van der Waals surface area contributed by atoms with Crippen molar-refractivity contribution in [3.63, 3.8) is 0 Å². The molecule has 0 saturated heterocycles. The molecule has 4 rings (SSSR count). The first-order chi connectivity index (χ1) is 15.5. The van der Waals surface area contributed by atoms with Crippen LogP contribution in [-0.2, 0) is 7.05 Å². The van der Waals surface area contributed by atoms with Crippen molar-refractivity contribution in [1.82, 2.24) is 19.5 Å². The first-order valence-corrected chi connectivity index (χ1v) is 10.5. The predicted molar refractivity (Wildman–Crippen MR) is 125 cm³/mol. The van der Waals surface area contributed by atoms with Crippen LogP contribution in [0.15, 0.2) is 53.6 Å². The molecule has 0 amide bonds. The van der Waals surface area contributed by atoms with Gasteiger partial charge in [0.25, 0.3) is 5.56 Å². The number of rotatable bonds is 7. The van der Waals surface area contributed by atoms with E-state index in [9.17, 15) is 4.79 Å². The Morgan fingerprint density at radius 3 is 2.59 bits per heavy atom. The molecule has 3 heterocycles. The Kier molecular flexibility index (Phi) is 6.55. The summed E-state index contributed by atoms with van der Waals surface area (Å²) in [5, 5.41) is 13.3. The Hall–Kier alpha value is -3.20. The van der Waals surface area contributed by atoms with Gasteiger partial charge in [0.15, 0.2) is 0 Å². The summed E-state index contributed by atoms with van der Waals surface area (Å²) in [6.45, 7) is 0.482. The minimum absolute atomic E-state index is 0.0712. The van der Waals surface area contributed by atoms with E-state index in [1.165, 1.54) is 4.57 Å². The molecule has 0 saturated carbocycles. The van der Waals surface area contributed by atoms with Crippen molar-refractivity contribution in [2.75, 3.05) is 18.5 Å². The maximum Gasteiger partial charge on any atom is 0.259 e. The van der Waals surface area contributed by atoms with E-state index in [0.29, 0.717) is 56.8 Å². The van der Waals surface area contributed by atoms with Crippen LogP contribution in [0.3, 0.4) is 0 Å². The SMILES string of the molecule is Cn1c(=O)c(-c2c(Cl)cccc2Cl)cc2cnc(Nc3ccc(OCCCO)cn3)nc21. The zero-order valence-corrected chi connectivity index (χ0v) is 18.6. The molecule has 10 heteroatoms. The summed E-state index contributed by atoms with van der Waals surface area (Å²) < 4.78 is 6.90. The van der Waals surface area contributed by atoms with Gasteiger partial charge in [-0.1, -0.05) is 29.3 Å². The smallest absolute Gasteiger partial charge is 0.259 e. The van der Waals surface area contributed by atoms with E-state index in [1.54, 1.807) is 55.8 Å². The minimum Gasteiger partial charge on any atom is -0.492 e. The van der Waals surface area contributed by atoms with Crippen molar-refractivity contribution in [3.05, 3.63) is 69.2 Å². The Balaban J connectivity index is 1.64. The molecule has 4 aromatic rings. The lowest BCUT2D eigenvalue weighted by atomic mass is 10.1. The third-order valence-corrected chi connectivity index (χ3v) is 5.36. The van der Waals surface area contributed by atoms with E-state index in [1.807, 2.05) is 0 Å². The second-order valence-electron chi connectivity index (χ2n) is 6.92. The fraction of sp³-hybridized carbons (Fsp3) is 0.182. The van der Waals surface area contributed by atoms with E-state index in [0.717, 1.165) is 0 Å². The topological polar surface area (TPSA) is 102 Å². The largest absolute Gasteiger partial charge is 0.492 e. The summed E-state index contributed by atoms with van der Waals surface area (Å²) in [6.07, 6.45) is 3.73. The molecule has 32 heavy (non-hydrogen) atoms. The van der Waals surface area contributed by atoms with Gasteiger partial charge in [0.1, 0.15) is 17.2 Å². The molecular weight excluding hydrogens is 453 g/mol. The molecule has 0 atom stereocenters. The van der Waals surface area contributed by atoms with E-state index in [4.69, 9.17) is 33.0 Å². The average molecular weight is 472 g/mol. The number of nitrogens with zero attached hydrogens (tertiary/aromatic N) is 4. The number of fused-ring (bicyclic) bond motifs is 1. The van der Waals surface area contributed by atoms with Crippen LogP contribution in [0.25, 0.3) is 22.2 Å². The van der Waals surface area contributed by atoms with Gasteiger partial charge in [-0.3, -0.25) is 9.36 Å². The maximum atomic E-state index is 13.0. The predicted octanol–water partition coefficient (Wildman–Crippen LogP) is 4.20. The molecular formula is C22H19Cl2N5O3. The zero-order chi connectivity index (χ0) is 22.7. The number of nitrogens with one attached hydrogen (secondary N) is 1. The number of pyridine rings is 2.